The second-order valence-corrected chi connectivity index (χ2v) is 6.09. The maximum Gasteiger partial charge on any atom is 0.341 e. The van der Waals surface area contributed by atoms with Gasteiger partial charge in [-0.3, -0.25) is 0 Å². The fourth-order valence-corrected chi connectivity index (χ4v) is 2.77. The zero-order valence-corrected chi connectivity index (χ0v) is 16.3. The maximum atomic E-state index is 12.1. The van der Waals surface area contributed by atoms with Crippen LogP contribution >= 0.6 is 0 Å². The van der Waals surface area contributed by atoms with Gasteiger partial charge in [0.15, 0.2) is 0 Å². The molecule has 148 valence electrons. The summed E-state index contributed by atoms with van der Waals surface area (Å²) in [6.45, 7) is 0.267. The van der Waals surface area contributed by atoms with E-state index >= 15 is 0 Å². The molecule has 0 aromatic heterocycles. The van der Waals surface area contributed by atoms with E-state index in [1.54, 1.807) is 0 Å². The molecule has 3 aromatic carbocycles. The molecular formula is C24H22O5. The van der Waals surface area contributed by atoms with Gasteiger partial charge in [-0.15, -0.1) is 0 Å². The normalized spacial score (nSPS) is 10.9. The molecule has 0 saturated carbocycles. The van der Waals surface area contributed by atoms with Crippen molar-refractivity contribution in [3.8, 4) is 17.2 Å². The lowest BCUT2D eigenvalue weighted by Gasteiger charge is -2.13. The Morgan fingerprint density at radius 3 is 2.28 bits per heavy atom. The van der Waals surface area contributed by atoms with E-state index < -0.39 is 5.97 Å². The average molecular weight is 390 g/mol. The van der Waals surface area contributed by atoms with Gasteiger partial charge >= 0.3 is 5.97 Å². The summed E-state index contributed by atoms with van der Waals surface area (Å²) in [6, 6.07) is 24.4. The van der Waals surface area contributed by atoms with E-state index in [1.807, 2.05) is 78.9 Å². The third kappa shape index (κ3) is 5.39. The molecule has 3 aromatic rings. The highest BCUT2D eigenvalue weighted by molar-refractivity contribution is 6.16. The largest absolute Gasteiger partial charge is 0.503 e. The molecule has 0 N–H and O–H groups in total. The van der Waals surface area contributed by atoms with E-state index in [0.717, 1.165) is 11.3 Å². The van der Waals surface area contributed by atoms with Crippen molar-refractivity contribution < 1.29 is 23.7 Å². The number of hydrogen-bond donors (Lipinski definition) is 0. The summed E-state index contributed by atoms with van der Waals surface area (Å²) in [6.07, 6.45) is 1.37. The number of esters is 1. The fraction of sp³-hybridized carbons (Fsp3) is 0.125. The monoisotopic (exact) mass is 390 g/mol. The fourth-order valence-electron chi connectivity index (χ4n) is 2.77. The first-order chi connectivity index (χ1) is 14.2. The van der Waals surface area contributed by atoms with Crippen LogP contribution in [0.4, 0.5) is 0 Å². The summed E-state index contributed by atoms with van der Waals surface area (Å²) in [7, 11) is 2.82. The van der Waals surface area contributed by atoms with Crippen molar-refractivity contribution in [2.24, 2.45) is 0 Å². The predicted octanol–water partition coefficient (Wildman–Crippen LogP) is 5.22. The van der Waals surface area contributed by atoms with Gasteiger partial charge in [0.2, 0.25) is 0 Å². The van der Waals surface area contributed by atoms with Crippen molar-refractivity contribution in [3.05, 3.63) is 96.3 Å². The van der Waals surface area contributed by atoms with Gasteiger partial charge in [0, 0.05) is 6.07 Å². The smallest absolute Gasteiger partial charge is 0.341 e. The summed E-state index contributed by atoms with van der Waals surface area (Å²) in [4.78, 5) is 12.1. The first-order valence-corrected chi connectivity index (χ1v) is 9.06. The quantitative estimate of drug-likeness (QED) is 0.300. The standard InChI is InChI=1S/C24H22O5/c1-26-17-23(24(25)27-2)22-14-7-6-9-18(22)16-28-20-12-8-13-21(15-20)29-19-10-4-3-5-11-19/h3-15,17H,16H2,1-2H3. The first-order valence-electron chi connectivity index (χ1n) is 9.06. The number of para-hydroxylation sites is 1. The van der Waals surface area contributed by atoms with Crippen LogP contribution in [0.3, 0.4) is 0 Å². The Morgan fingerprint density at radius 1 is 0.828 bits per heavy atom. The lowest BCUT2D eigenvalue weighted by atomic mass is 10.0. The Bertz CT molecular complexity index is 979. The third-order valence-electron chi connectivity index (χ3n) is 4.13. The average Bonchev–Trinajstić information content (AvgIpc) is 2.77. The summed E-state index contributed by atoms with van der Waals surface area (Å²) in [5.41, 5.74) is 1.85. The number of carbonyl (C=O) groups excluding carboxylic acids is 1. The predicted molar refractivity (Wildman–Crippen MR) is 111 cm³/mol. The Morgan fingerprint density at radius 2 is 1.52 bits per heavy atom. The van der Waals surface area contributed by atoms with E-state index in [1.165, 1.54) is 20.5 Å². The number of hydrogen-bond acceptors (Lipinski definition) is 5. The molecule has 0 atom stereocenters. The van der Waals surface area contributed by atoms with Crippen LogP contribution in [0.1, 0.15) is 11.1 Å². The highest BCUT2D eigenvalue weighted by Gasteiger charge is 2.17. The molecule has 0 fully saturated rings. The Kier molecular flexibility index (Phi) is 6.90. The molecule has 5 nitrogen and oxygen atoms in total. The van der Waals surface area contributed by atoms with Gasteiger partial charge in [0.1, 0.15) is 29.4 Å². The topological polar surface area (TPSA) is 54.0 Å². The van der Waals surface area contributed by atoms with Crippen LogP contribution in [-0.2, 0) is 20.9 Å². The van der Waals surface area contributed by atoms with E-state index in [9.17, 15) is 4.79 Å². The number of carbonyl (C=O) groups is 1. The van der Waals surface area contributed by atoms with Crippen molar-refractivity contribution in [1.82, 2.24) is 0 Å². The van der Waals surface area contributed by atoms with E-state index in [0.29, 0.717) is 22.6 Å². The van der Waals surface area contributed by atoms with Crippen molar-refractivity contribution in [2.45, 2.75) is 6.61 Å². The van der Waals surface area contributed by atoms with Crippen LogP contribution in [0.15, 0.2) is 85.1 Å². The lowest BCUT2D eigenvalue weighted by molar-refractivity contribution is -0.133. The van der Waals surface area contributed by atoms with E-state index in [4.69, 9.17) is 18.9 Å². The van der Waals surface area contributed by atoms with Crippen LogP contribution in [0.25, 0.3) is 5.57 Å². The van der Waals surface area contributed by atoms with Gasteiger partial charge in [-0.1, -0.05) is 48.5 Å². The van der Waals surface area contributed by atoms with Crippen LogP contribution in [-0.4, -0.2) is 20.2 Å². The SMILES string of the molecule is COC=C(C(=O)OC)c1ccccc1COc1cccc(Oc2ccccc2)c1. The Hall–Kier alpha value is -3.73. The number of benzene rings is 3. The van der Waals surface area contributed by atoms with Crippen LogP contribution in [0.5, 0.6) is 17.2 Å². The van der Waals surface area contributed by atoms with Crippen molar-refractivity contribution in [1.29, 1.82) is 0 Å². The molecular weight excluding hydrogens is 368 g/mol. The van der Waals surface area contributed by atoms with E-state index in [2.05, 4.69) is 0 Å². The highest BCUT2D eigenvalue weighted by Crippen LogP contribution is 2.27. The van der Waals surface area contributed by atoms with Gasteiger partial charge in [0.25, 0.3) is 0 Å². The van der Waals surface area contributed by atoms with Crippen LogP contribution < -0.4 is 9.47 Å². The molecule has 5 heteroatoms. The molecule has 0 aliphatic carbocycles. The van der Waals surface area contributed by atoms with Crippen LogP contribution in [0.2, 0.25) is 0 Å². The Balaban J connectivity index is 1.76. The van der Waals surface area contributed by atoms with E-state index in [-0.39, 0.29) is 6.61 Å². The second kappa shape index (κ2) is 9.99. The molecule has 3 rings (SSSR count). The summed E-state index contributed by atoms with van der Waals surface area (Å²) < 4.78 is 21.7. The minimum Gasteiger partial charge on any atom is -0.503 e. The molecule has 29 heavy (non-hydrogen) atoms. The maximum absolute atomic E-state index is 12.1. The molecule has 0 aliphatic rings. The molecule has 0 aliphatic heterocycles. The minimum absolute atomic E-state index is 0.267. The zero-order valence-electron chi connectivity index (χ0n) is 16.3. The van der Waals surface area contributed by atoms with Gasteiger partial charge in [-0.05, 0) is 35.4 Å². The van der Waals surface area contributed by atoms with Gasteiger partial charge < -0.3 is 18.9 Å². The molecule has 0 saturated heterocycles. The van der Waals surface area contributed by atoms with Gasteiger partial charge in [-0.2, -0.15) is 0 Å². The number of methoxy groups -OCH3 is 2. The van der Waals surface area contributed by atoms with Gasteiger partial charge in [0.05, 0.1) is 20.5 Å². The third-order valence-corrected chi connectivity index (χ3v) is 4.13. The highest BCUT2D eigenvalue weighted by atomic mass is 16.5. The molecule has 0 heterocycles. The van der Waals surface area contributed by atoms with Crippen molar-refractivity contribution in [2.75, 3.05) is 14.2 Å². The molecule has 0 bridgehead atoms. The van der Waals surface area contributed by atoms with Gasteiger partial charge in [-0.25, -0.2) is 4.79 Å². The summed E-state index contributed by atoms with van der Waals surface area (Å²) >= 11 is 0. The summed E-state index contributed by atoms with van der Waals surface area (Å²) in [5, 5.41) is 0. The van der Waals surface area contributed by atoms with Crippen LogP contribution in [0, 0.1) is 0 Å². The minimum atomic E-state index is -0.474. The molecule has 0 radical (unpaired) electrons. The molecule has 0 spiro atoms. The molecule has 0 amide bonds. The van der Waals surface area contributed by atoms with Crippen molar-refractivity contribution >= 4 is 11.5 Å². The van der Waals surface area contributed by atoms with Crippen molar-refractivity contribution in [3.63, 3.8) is 0 Å². The lowest BCUT2D eigenvalue weighted by Crippen LogP contribution is -2.08. The Labute approximate surface area is 170 Å². The zero-order chi connectivity index (χ0) is 20.5. The summed E-state index contributed by atoms with van der Waals surface area (Å²) in [5.74, 6) is 1.61. The second-order valence-electron chi connectivity index (χ2n) is 6.09. The number of rotatable bonds is 8. The first kappa shape index (κ1) is 20.0. The molecule has 0 unspecified atom stereocenters. The number of ether oxygens (including phenoxy) is 4.